The average molecular weight is 269 g/mol. The number of benzene rings is 2. The van der Waals surface area contributed by atoms with Crippen molar-refractivity contribution in [2.75, 3.05) is 11.1 Å². The lowest BCUT2D eigenvalue weighted by atomic mass is 10.1. The van der Waals surface area contributed by atoms with Gasteiger partial charge in [0.25, 0.3) is 0 Å². The Balaban J connectivity index is 1.83. The molecule has 2 aromatic rings. The van der Waals surface area contributed by atoms with Crippen LogP contribution in [-0.2, 0) is 13.0 Å². The van der Waals surface area contributed by atoms with E-state index in [0.29, 0.717) is 12.2 Å². The van der Waals surface area contributed by atoms with Crippen molar-refractivity contribution in [1.29, 1.82) is 0 Å². The molecule has 0 aromatic heterocycles. The van der Waals surface area contributed by atoms with E-state index < -0.39 is 0 Å². The third-order valence-electron chi connectivity index (χ3n) is 3.05. The number of rotatable bonds is 4. The van der Waals surface area contributed by atoms with Gasteiger partial charge in [-0.1, -0.05) is 31.2 Å². The number of anilines is 2. The Labute approximate surface area is 119 Å². The van der Waals surface area contributed by atoms with E-state index in [2.05, 4.69) is 29.7 Å². The Hall–Kier alpha value is -2.49. The van der Waals surface area contributed by atoms with E-state index in [1.165, 1.54) is 5.56 Å². The molecule has 0 aliphatic carbocycles. The number of carbonyl (C=O) groups is 1. The first-order chi connectivity index (χ1) is 9.67. The Morgan fingerprint density at radius 3 is 2.20 bits per heavy atom. The van der Waals surface area contributed by atoms with Crippen molar-refractivity contribution in [3.8, 4) is 0 Å². The van der Waals surface area contributed by atoms with Gasteiger partial charge in [-0.15, -0.1) is 0 Å². The van der Waals surface area contributed by atoms with Gasteiger partial charge in [-0.25, -0.2) is 4.79 Å². The topological polar surface area (TPSA) is 67.2 Å². The number of nitrogens with two attached hydrogens (primary N) is 1. The molecular formula is C16H19N3O. The van der Waals surface area contributed by atoms with Gasteiger partial charge >= 0.3 is 6.03 Å². The van der Waals surface area contributed by atoms with Gasteiger partial charge in [-0.2, -0.15) is 0 Å². The van der Waals surface area contributed by atoms with E-state index in [1.807, 2.05) is 12.1 Å². The summed E-state index contributed by atoms with van der Waals surface area (Å²) in [6.45, 7) is 2.62. The summed E-state index contributed by atoms with van der Waals surface area (Å²) in [5, 5.41) is 5.57. The predicted molar refractivity (Wildman–Crippen MR) is 82.5 cm³/mol. The largest absolute Gasteiger partial charge is 0.399 e. The fraction of sp³-hybridized carbons (Fsp3) is 0.188. The van der Waals surface area contributed by atoms with Gasteiger partial charge in [0.1, 0.15) is 0 Å². The molecular weight excluding hydrogens is 250 g/mol. The Kier molecular flexibility index (Phi) is 4.60. The Bertz CT molecular complexity index is 561. The molecule has 2 amide bonds. The van der Waals surface area contributed by atoms with Crippen LogP contribution in [0.3, 0.4) is 0 Å². The first-order valence-corrected chi connectivity index (χ1v) is 6.65. The molecule has 0 atom stereocenters. The maximum atomic E-state index is 11.7. The molecule has 0 aliphatic heterocycles. The molecule has 4 heteroatoms. The van der Waals surface area contributed by atoms with Crippen LogP contribution in [0, 0.1) is 0 Å². The van der Waals surface area contributed by atoms with Gasteiger partial charge in [0.05, 0.1) is 0 Å². The molecule has 0 fully saturated rings. The van der Waals surface area contributed by atoms with E-state index in [-0.39, 0.29) is 6.03 Å². The summed E-state index contributed by atoms with van der Waals surface area (Å²) in [4.78, 5) is 11.7. The first-order valence-electron chi connectivity index (χ1n) is 6.65. The van der Waals surface area contributed by atoms with Crippen LogP contribution in [0.4, 0.5) is 16.2 Å². The number of nitrogens with one attached hydrogen (secondary N) is 2. The highest BCUT2D eigenvalue weighted by molar-refractivity contribution is 5.89. The molecule has 104 valence electrons. The zero-order chi connectivity index (χ0) is 14.4. The van der Waals surface area contributed by atoms with Crippen LogP contribution in [-0.4, -0.2) is 6.03 Å². The van der Waals surface area contributed by atoms with Gasteiger partial charge < -0.3 is 16.4 Å². The van der Waals surface area contributed by atoms with Crippen molar-refractivity contribution in [2.45, 2.75) is 19.9 Å². The molecule has 20 heavy (non-hydrogen) atoms. The normalized spacial score (nSPS) is 10.1. The van der Waals surface area contributed by atoms with Crippen molar-refractivity contribution in [2.24, 2.45) is 0 Å². The standard InChI is InChI=1S/C16H19N3O/c1-2-12-3-5-13(6-4-12)11-18-16(20)19-15-9-7-14(17)8-10-15/h3-10H,2,11,17H2,1H3,(H2,18,19,20). The zero-order valence-corrected chi connectivity index (χ0v) is 11.5. The number of hydrogen-bond donors (Lipinski definition) is 3. The summed E-state index contributed by atoms with van der Waals surface area (Å²) < 4.78 is 0. The van der Waals surface area contributed by atoms with Crippen molar-refractivity contribution in [1.82, 2.24) is 5.32 Å². The minimum atomic E-state index is -0.227. The van der Waals surface area contributed by atoms with Gasteiger partial charge in [-0.3, -0.25) is 0 Å². The summed E-state index contributed by atoms with van der Waals surface area (Å²) in [5.41, 5.74) is 9.35. The average Bonchev–Trinajstić information content (AvgIpc) is 2.48. The third-order valence-corrected chi connectivity index (χ3v) is 3.05. The minimum Gasteiger partial charge on any atom is -0.399 e. The molecule has 0 saturated carbocycles. The van der Waals surface area contributed by atoms with E-state index >= 15 is 0 Å². The summed E-state index contributed by atoms with van der Waals surface area (Å²) in [7, 11) is 0. The summed E-state index contributed by atoms with van der Waals surface area (Å²) >= 11 is 0. The lowest BCUT2D eigenvalue weighted by Gasteiger charge is -2.08. The maximum absolute atomic E-state index is 11.7. The smallest absolute Gasteiger partial charge is 0.319 e. The zero-order valence-electron chi connectivity index (χ0n) is 11.5. The maximum Gasteiger partial charge on any atom is 0.319 e. The van der Waals surface area contributed by atoms with E-state index in [9.17, 15) is 4.79 Å². The number of hydrogen-bond acceptors (Lipinski definition) is 2. The molecule has 0 spiro atoms. The van der Waals surface area contributed by atoms with Crippen LogP contribution in [0.1, 0.15) is 18.1 Å². The predicted octanol–water partition coefficient (Wildman–Crippen LogP) is 3.15. The van der Waals surface area contributed by atoms with Gasteiger partial charge in [0, 0.05) is 17.9 Å². The quantitative estimate of drug-likeness (QED) is 0.746. The number of amides is 2. The molecule has 4 nitrogen and oxygen atoms in total. The number of nitrogen functional groups attached to an aromatic ring is 1. The van der Waals surface area contributed by atoms with Gasteiger partial charge in [0.15, 0.2) is 0 Å². The molecule has 0 radical (unpaired) electrons. The van der Waals surface area contributed by atoms with Crippen LogP contribution in [0.2, 0.25) is 0 Å². The SMILES string of the molecule is CCc1ccc(CNC(=O)Nc2ccc(N)cc2)cc1. The second-order valence-electron chi connectivity index (χ2n) is 4.60. The molecule has 0 aliphatic rings. The minimum absolute atomic E-state index is 0.227. The number of carbonyl (C=O) groups excluding carboxylic acids is 1. The fourth-order valence-electron chi connectivity index (χ4n) is 1.82. The van der Waals surface area contributed by atoms with Crippen LogP contribution in [0.25, 0.3) is 0 Å². The second kappa shape index (κ2) is 6.61. The van der Waals surface area contributed by atoms with Crippen molar-refractivity contribution < 1.29 is 4.79 Å². The van der Waals surface area contributed by atoms with E-state index in [1.54, 1.807) is 24.3 Å². The molecule has 4 N–H and O–H groups in total. The van der Waals surface area contributed by atoms with Crippen molar-refractivity contribution in [3.63, 3.8) is 0 Å². The van der Waals surface area contributed by atoms with Crippen LogP contribution in [0.5, 0.6) is 0 Å². The number of aryl methyl sites for hydroxylation is 1. The Morgan fingerprint density at radius 2 is 1.60 bits per heavy atom. The van der Waals surface area contributed by atoms with E-state index in [4.69, 9.17) is 5.73 Å². The summed E-state index contributed by atoms with van der Waals surface area (Å²) in [5.74, 6) is 0. The molecule has 0 saturated heterocycles. The summed E-state index contributed by atoms with van der Waals surface area (Å²) in [6.07, 6.45) is 1.02. The second-order valence-corrected chi connectivity index (χ2v) is 4.60. The van der Waals surface area contributed by atoms with Crippen LogP contribution < -0.4 is 16.4 Å². The monoisotopic (exact) mass is 269 g/mol. The van der Waals surface area contributed by atoms with Gasteiger partial charge in [-0.05, 0) is 41.8 Å². The lowest BCUT2D eigenvalue weighted by Crippen LogP contribution is -2.28. The molecule has 0 unspecified atom stereocenters. The highest BCUT2D eigenvalue weighted by Gasteiger charge is 2.01. The fourth-order valence-corrected chi connectivity index (χ4v) is 1.82. The van der Waals surface area contributed by atoms with Crippen molar-refractivity contribution in [3.05, 3.63) is 59.7 Å². The van der Waals surface area contributed by atoms with Gasteiger partial charge in [0.2, 0.25) is 0 Å². The highest BCUT2D eigenvalue weighted by Crippen LogP contribution is 2.10. The molecule has 0 heterocycles. The number of urea groups is 1. The Morgan fingerprint density at radius 1 is 1.00 bits per heavy atom. The highest BCUT2D eigenvalue weighted by atomic mass is 16.2. The summed E-state index contributed by atoms with van der Waals surface area (Å²) in [6, 6.07) is 15.0. The van der Waals surface area contributed by atoms with Crippen LogP contribution >= 0.6 is 0 Å². The molecule has 2 rings (SSSR count). The lowest BCUT2D eigenvalue weighted by molar-refractivity contribution is 0.251. The van der Waals surface area contributed by atoms with Crippen molar-refractivity contribution >= 4 is 17.4 Å². The van der Waals surface area contributed by atoms with Crippen LogP contribution in [0.15, 0.2) is 48.5 Å². The third kappa shape index (κ3) is 4.02. The molecule has 2 aromatic carbocycles. The first kappa shape index (κ1) is 13.9. The molecule has 0 bridgehead atoms. The van der Waals surface area contributed by atoms with E-state index in [0.717, 1.165) is 17.7 Å².